The second-order valence-electron chi connectivity index (χ2n) is 9.25. The Morgan fingerprint density at radius 3 is 2.33 bits per heavy atom. The minimum atomic E-state index is -0.804. The number of aliphatic hydroxyl groups excluding tert-OH is 1. The lowest BCUT2D eigenvalue weighted by atomic mass is 9.94. The lowest BCUT2D eigenvalue weighted by molar-refractivity contribution is -0.132. The van der Waals surface area contributed by atoms with Gasteiger partial charge in [0.2, 0.25) is 0 Å². The van der Waals surface area contributed by atoms with Crippen molar-refractivity contribution < 1.29 is 24.2 Å². The molecular weight excluding hydrogens is 454 g/mol. The van der Waals surface area contributed by atoms with Crippen LogP contribution in [-0.4, -0.2) is 30.0 Å². The van der Waals surface area contributed by atoms with E-state index in [1.807, 2.05) is 52.0 Å². The number of anilines is 1. The molecule has 1 N–H and O–H groups in total. The van der Waals surface area contributed by atoms with Gasteiger partial charge >= 0.3 is 0 Å². The van der Waals surface area contributed by atoms with E-state index in [9.17, 15) is 14.7 Å². The van der Waals surface area contributed by atoms with Gasteiger partial charge in [-0.2, -0.15) is 0 Å². The Morgan fingerprint density at radius 1 is 0.944 bits per heavy atom. The summed E-state index contributed by atoms with van der Waals surface area (Å²) in [6.45, 7) is 8.92. The molecule has 36 heavy (non-hydrogen) atoms. The molecule has 1 saturated heterocycles. The number of benzene rings is 3. The SMILES string of the molecule is CCOc1cccc(N2C(=O)C(=O)/C(=C(/O)c3cccc(OCC(C)C)c3)C2c2cccc(C)c2)c1. The average molecular weight is 486 g/mol. The van der Waals surface area contributed by atoms with Crippen LogP contribution in [0.15, 0.2) is 78.4 Å². The highest BCUT2D eigenvalue weighted by Gasteiger charge is 2.47. The molecule has 0 aliphatic carbocycles. The van der Waals surface area contributed by atoms with E-state index >= 15 is 0 Å². The second kappa shape index (κ2) is 10.7. The summed E-state index contributed by atoms with van der Waals surface area (Å²) in [4.78, 5) is 28.2. The molecule has 0 radical (unpaired) electrons. The van der Waals surface area contributed by atoms with Crippen molar-refractivity contribution in [3.63, 3.8) is 0 Å². The molecule has 6 heteroatoms. The standard InChI is InChI=1S/C30H31NO5/c1-5-35-25-14-8-12-23(17-25)31-27(21-10-6-9-20(4)15-21)26(29(33)30(31)34)28(32)22-11-7-13-24(16-22)36-18-19(2)3/h6-17,19,27,32H,5,18H2,1-4H3/b28-26+. The Kier molecular flexibility index (Phi) is 7.44. The van der Waals surface area contributed by atoms with Gasteiger partial charge in [0.05, 0.1) is 24.8 Å². The van der Waals surface area contributed by atoms with Crippen LogP contribution in [-0.2, 0) is 9.59 Å². The molecule has 1 fully saturated rings. The van der Waals surface area contributed by atoms with Crippen molar-refractivity contribution in [3.05, 3.63) is 95.1 Å². The van der Waals surface area contributed by atoms with E-state index < -0.39 is 17.7 Å². The normalized spacial score (nSPS) is 17.0. The summed E-state index contributed by atoms with van der Waals surface area (Å²) in [7, 11) is 0. The van der Waals surface area contributed by atoms with E-state index in [-0.39, 0.29) is 11.3 Å². The van der Waals surface area contributed by atoms with Crippen molar-refractivity contribution in [1.82, 2.24) is 0 Å². The molecule has 3 aromatic carbocycles. The van der Waals surface area contributed by atoms with Crippen LogP contribution >= 0.6 is 0 Å². The molecule has 0 aromatic heterocycles. The summed E-state index contributed by atoms with van der Waals surface area (Å²) in [5.74, 6) is -0.175. The first-order valence-corrected chi connectivity index (χ1v) is 12.1. The second-order valence-corrected chi connectivity index (χ2v) is 9.25. The largest absolute Gasteiger partial charge is 0.507 e. The zero-order valence-corrected chi connectivity index (χ0v) is 21.0. The van der Waals surface area contributed by atoms with Gasteiger partial charge in [-0.3, -0.25) is 14.5 Å². The van der Waals surface area contributed by atoms with Crippen LogP contribution in [0, 0.1) is 12.8 Å². The first-order chi connectivity index (χ1) is 17.3. The van der Waals surface area contributed by atoms with Gasteiger partial charge in [-0.1, -0.05) is 61.9 Å². The summed E-state index contributed by atoms with van der Waals surface area (Å²) < 4.78 is 11.4. The minimum absolute atomic E-state index is 0.0356. The van der Waals surface area contributed by atoms with E-state index in [4.69, 9.17) is 9.47 Å². The Labute approximate surface area is 211 Å². The van der Waals surface area contributed by atoms with Crippen molar-refractivity contribution in [3.8, 4) is 11.5 Å². The molecule has 0 bridgehead atoms. The number of aryl methyl sites for hydroxylation is 1. The lowest BCUT2D eigenvalue weighted by Gasteiger charge is -2.26. The van der Waals surface area contributed by atoms with Crippen molar-refractivity contribution >= 4 is 23.1 Å². The molecule has 4 rings (SSSR count). The van der Waals surface area contributed by atoms with Gasteiger partial charge in [0.1, 0.15) is 17.3 Å². The zero-order chi connectivity index (χ0) is 25.8. The Hall–Kier alpha value is -4.06. The van der Waals surface area contributed by atoms with Gasteiger partial charge < -0.3 is 14.6 Å². The highest BCUT2D eigenvalue weighted by Crippen LogP contribution is 2.43. The quantitative estimate of drug-likeness (QED) is 0.239. The number of hydrogen-bond acceptors (Lipinski definition) is 5. The molecule has 1 aliphatic heterocycles. The summed E-state index contributed by atoms with van der Waals surface area (Å²) in [6.07, 6.45) is 0. The van der Waals surface area contributed by atoms with Crippen molar-refractivity contribution in [2.24, 2.45) is 5.92 Å². The van der Waals surface area contributed by atoms with Gasteiger partial charge in [0.15, 0.2) is 0 Å². The van der Waals surface area contributed by atoms with E-state index in [1.165, 1.54) is 4.90 Å². The van der Waals surface area contributed by atoms with Gasteiger partial charge in [-0.05, 0) is 49.6 Å². The van der Waals surface area contributed by atoms with Crippen molar-refractivity contribution in [2.45, 2.75) is 33.7 Å². The van der Waals surface area contributed by atoms with Gasteiger partial charge in [0, 0.05) is 17.3 Å². The molecule has 1 amide bonds. The summed E-state index contributed by atoms with van der Waals surface area (Å²) >= 11 is 0. The smallest absolute Gasteiger partial charge is 0.300 e. The van der Waals surface area contributed by atoms with E-state index in [0.29, 0.717) is 41.9 Å². The molecule has 1 unspecified atom stereocenters. The molecule has 6 nitrogen and oxygen atoms in total. The van der Waals surface area contributed by atoms with E-state index in [2.05, 4.69) is 0 Å². The van der Waals surface area contributed by atoms with Crippen molar-refractivity contribution in [2.75, 3.05) is 18.1 Å². The third-order valence-corrected chi connectivity index (χ3v) is 5.90. The Bertz CT molecular complexity index is 1310. The highest BCUT2D eigenvalue weighted by atomic mass is 16.5. The first kappa shape index (κ1) is 25.0. The number of amides is 1. The fourth-order valence-corrected chi connectivity index (χ4v) is 4.30. The molecule has 186 valence electrons. The van der Waals surface area contributed by atoms with E-state index in [0.717, 1.165) is 11.1 Å². The summed E-state index contributed by atoms with van der Waals surface area (Å²) in [5, 5.41) is 11.4. The van der Waals surface area contributed by atoms with Gasteiger partial charge in [-0.25, -0.2) is 0 Å². The minimum Gasteiger partial charge on any atom is -0.507 e. The number of carbonyl (C=O) groups excluding carboxylic acids is 2. The van der Waals surface area contributed by atoms with Crippen LogP contribution in [0.25, 0.3) is 5.76 Å². The van der Waals surface area contributed by atoms with Crippen LogP contribution in [0.2, 0.25) is 0 Å². The topological polar surface area (TPSA) is 76.1 Å². The number of rotatable bonds is 8. The molecule has 1 aliphatic rings. The van der Waals surface area contributed by atoms with E-state index in [1.54, 1.807) is 48.5 Å². The third-order valence-electron chi connectivity index (χ3n) is 5.90. The van der Waals surface area contributed by atoms with Crippen LogP contribution < -0.4 is 14.4 Å². The van der Waals surface area contributed by atoms with Crippen LogP contribution in [0.4, 0.5) is 5.69 Å². The Balaban J connectivity index is 1.86. The maximum atomic E-state index is 13.4. The number of ether oxygens (including phenoxy) is 2. The van der Waals surface area contributed by atoms with Crippen LogP contribution in [0.5, 0.6) is 11.5 Å². The number of Topliss-reactive ketones (excluding diaryl/α,β-unsaturated/α-hetero) is 1. The van der Waals surface area contributed by atoms with Crippen LogP contribution in [0.3, 0.4) is 0 Å². The first-order valence-electron chi connectivity index (χ1n) is 12.1. The van der Waals surface area contributed by atoms with Crippen LogP contribution in [0.1, 0.15) is 43.5 Å². The average Bonchev–Trinajstić information content (AvgIpc) is 3.13. The van der Waals surface area contributed by atoms with Gasteiger partial charge in [-0.15, -0.1) is 0 Å². The number of nitrogens with zero attached hydrogens (tertiary/aromatic N) is 1. The molecule has 1 heterocycles. The number of carbonyl (C=O) groups is 2. The lowest BCUT2D eigenvalue weighted by Crippen LogP contribution is -2.29. The zero-order valence-electron chi connectivity index (χ0n) is 21.0. The fraction of sp³-hybridized carbons (Fsp3) is 0.267. The summed E-state index contributed by atoms with van der Waals surface area (Å²) in [5.41, 5.74) is 2.67. The highest BCUT2D eigenvalue weighted by molar-refractivity contribution is 6.51. The summed E-state index contributed by atoms with van der Waals surface area (Å²) in [6, 6.07) is 20.8. The third kappa shape index (κ3) is 5.13. The maximum absolute atomic E-state index is 13.4. The maximum Gasteiger partial charge on any atom is 0.300 e. The monoisotopic (exact) mass is 485 g/mol. The predicted molar refractivity (Wildman–Crippen MR) is 140 cm³/mol. The predicted octanol–water partition coefficient (Wildman–Crippen LogP) is 6.05. The number of hydrogen-bond donors (Lipinski definition) is 1. The molecule has 0 spiro atoms. The molecule has 1 atom stereocenters. The number of ketones is 1. The number of aliphatic hydroxyl groups is 1. The van der Waals surface area contributed by atoms with Gasteiger partial charge in [0.25, 0.3) is 11.7 Å². The molecule has 0 saturated carbocycles. The molecule has 3 aromatic rings. The van der Waals surface area contributed by atoms with Crippen molar-refractivity contribution in [1.29, 1.82) is 0 Å². The Morgan fingerprint density at radius 2 is 1.64 bits per heavy atom. The molecular formula is C30H31NO5. The fourth-order valence-electron chi connectivity index (χ4n) is 4.30.